The molecule has 1 aromatic carbocycles. The Balaban J connectivity index is -0.0000000460. The smallest absolute Gasteiger partial charge is 0 e. The van der Waals surface area contributed by atoms with Gasteiger partial charge in [0.15, 0.2) is 0 Å². The fourth-order valence-corrected chi connectivity index (χ4v) is 0.342. The Morgan fingerprint density at radius 2 is 0.895 bits per heavy atom. The minimum absolute atomic E-state index is 0. The molecule has 0 aromatic heterocycles. The van der Waals surface area contributed by atoms with Crippen LogP contribution in [0.3, 0.4) is 0 Å². The molecule has 0 aliphatic heterocycles. The monoisotopic (exact) mass is 607 g/mol. The van der Waals surface area contributed by atoms with Gasteiger partial charge in [-0.25, -0.2) is 0 Å². The van der Waals surface area contributed by atoms with Crippen LogP contribution < -0.4 is 0 Å². The zero-order chi connectivity index (χ0) is 14.1. The largest absolute Gasteiger partial charge is 0.312 e. The third kappa shape index (κ3) is 119. The zero-order valence-corrected chi connectivity index (χ0v) is 19.7. The van der Waals surface area contributed by atoms with E-state index in [1.165, 1.54) is 6.42 Å². The molecule has 0 radical (unpaired) electrons. The fraction of sp³-hybridized carbons (Fsp3) is 0.600. The van der Waals surface area contributed by atoms with Crippen molar-refractivity contribution in [2.45, 2.75) is 20.3 Å². The molecule has 0 aliphatic carbocycles. The van der Waals surface area contributed by atoms with Crippen molar-refractivity contribution in [2.75, 3.05) is 42.3 Å². The number of benzene rings is 1. The molecule has 19 heavy (non-hydrogen) atoms. The molecule has 4 heteroatoms. The molecule has 0 atom stereocenters. The van der Waals surface area contributed by atoms with Crippen molar-refractivity contribution in [1.82, 2.24) is 9.80 Å². The van der Waals surface area contributed by atoms with Crippen molar-refractivity contribution >= 4 is 0 Å². The average Bonchev–Trinajstić information content (AvgIpc) is 2.19. The summed E-state index contributed by atoms with van der Waals surface area (Å²) in [5.41, 5.74) is 0. The second-order valence-corrected chi connectivity index (χ2v) is 4.47. The molecule has 0 saturated heterocycles. The molecule has 0 spiro atoms. The van der Waals surface area contributed by atoms with Crippen LogP contribution in [0, 0.1) is 6.07 Å². The van der Waals surface area contributed by atoms with Crippen LogP contribution in [-0.2, 0) is 42.1 Å². The molecule has 0 amide bonds. The first-order valence-corrected chi connectivity index (χ1v) is 6.01. The molecule has 0 bridgehead atoms. The predicted octanol–water partition coefficient (Wildman–Crippen LogP) is 3.25. The molecule has 0 heterocycles. The molecule has 0 unspecified atom stereocenters. The minimum atomic E-state index is 0. The molecular weight excluding hydrogens is 576 g/mol. The second-order valence-electron chi connectivity index (χ2n) is 4.47. The maximum Gasteiger partial charge on any atom is 0 e. The normalized spacial score (nSPS) is 7.26. The van der Waals surface area contributed by atoms with Crippen LogP contribution in [0.25, 0.3) is 0 Å². The van der Waals surface area contributed by atoms with Crippen LogP contribution in [0.4, 0.5) is 0 Å². The Hall–Kier alpha value is 0.517. The van der Waals surface area contributed by atoms with Crippen molar-refractivity contribution < 1.29 is 42.1 Å². The summed E-state index contributed by atoms with van der Waals surface area (Å²) >= 11 is 0. The first-order valence-electron chi connectivity index (χ1n) is 6.01. The summed E-state index contributed by atoms with van der Waals surface area (Å²) in [6.07, 6.45) is 1.25. The van der Waals surface area contributed by atoms with Gasteiger partial charge in [0.2, 0.25) is 0 Å². The molecular formula is C15H31N2W2-. The van der Waals surface area contributed by atoms with Crippen LogP contribution >= 0.6 is 0 Å². The standard InChI is InChI=1S/C6H5.2C3H9N.C3H8.2W/c1-2-4-6-5-3-1;2*1-4(2)3;1-3-2;;/h1-5H;2*1-3H3;3H2,1-2H3;;/q-1;;;;;. The Labute approximate surface area is 150 Å². The van der Waals surface area contributed by atoms with E-state index in [-0.39, 0.29) is 42.1 Å². The van der Waals surface area contributed by atoms with E-state index in [1.807, 2.05) is 82.4 Å². The third-order valence-corrected chi connectivity index (χ3v) is 0.607. The summed E-state index contributed by atoms with van der Waals surface area (Å²) in [5.74, 6) is 0. The summed E-state index contributed by atoms with van der Waals surface area (Å²) in [4.78, 5) is 4.00. The first kappa shape index (κ1) is 31.8. The number of rotatable bonds is 0. The Kier molecular flexibility index (Phi) is 52.0. The summed E-state index contributed by atoms with van der Waals surface area (Å²) in [5, 5.41) is 0. The minimum Gasteiger partial charge on any atom is -0.312 e. The topological polar surface area (TPSA) is 6.48 Å². The quantitative estimate of drug-likeness (QED) is 0.419. The zero-order valence-electron chi connectivity index (χ0n) is 13.8. The first-order chi connectivity index (χ1) is 7.88. The van der Waals surface area contributed by atoms with Gasteiger partial charge in [0.25, 0.3) is 0 Å². The molecule has 0 N–H and O–H groups in total. The Morgan fingerprint density at radius 3 is 0.947 bits per heavy atom. The summed E-state index contributed by atoms with van der Waals surface area (Å²) in [6, 6.07) is 12.5. The van der Waals surface area contributed by atoms with Gasteiger partial charge in [-0.15, -0.1) is 0 Å². The molecule has 0 aliphatic rings. The van der Waals surface area contributed by atoms with Gasteiger partial charge in [0, 0.05) is 42.1 Å². The number of nitrogens with zero attached hydrogens (tertiary/aromatic N) is 2. The van der Waals surface area contributed by atoms with E-state index < -0.39 is 0 Å². The Morgan fingerprint density at radius 1 is 0.684 bits per heavy atom. The van der Waals surface area contributed by atoms with Gasteiger partial charge in [0.1, 0.15) is 0 Å². The van der Waals surface area contributed by atoms with Gasteiger partial charge in [0.05, 0.1) is 0 Å². The predicted molar refractivity (Wildman–Crippen MR) is 80.5 cm³/mol. The molecule has 114 valence electrons. The van der Waals surface area contributed by atoms with E-state index in [9.17, 15) is 0 Å². The molecule has 2 nitrogen and oxygen atoms in total. The van der Waals surface area contributed by atoms with Crippen molar-refractivity contribution in [3.8, 4) is 0 Å². The maximum absolute atomic E-state index is 2.89. The molecule has 1 aromatic rings. The van der Waals surface area contributed by atoms with Crippen LogP contribution in [-0.4, -0.2) is 52.1 Å². The SMILES string of the molecule is CCC.CN(C)C.CN(C)C.[W].[W].[c-]1ccccc1. The van der Waals surface area contributed by atoms with Gasteiger partial charge < -0.3 is 9.80 Å². The number of hydrogen-bond donors (Lipinski definition) is 0. The number of hydrogen-bond acceptors (Lipinski definition) is 2. The maximum atomic E-state index is 2.89. The van der Waals surface area contributed by atoms with Gasteiger partial charge in [-0.2, -0.15) is 36.4 Å². The van der Waals surface area contributed by atoms with E-state index in [4.69, 9.17) is 0 Å². The van der Waals surface area contributed by atoms with E-state index in [0.29, 0.717) is 0 Å². The molecule has 1 rings (SSSR count). The van der Waals surface area contributed by atoms with Gasteiger partial charge >= 0.3 is 0 Å². The third-order valence-electron chi connectivity index (χ3n) is 0.607. The summed E-state index contributed by atoms with van der Waals surface area (Å²) < 4.78 is 0. The molecule has 0 saturated carbocycles. The van der Waals surface area contributed by atoms with Gasteiger partial charge in [-0.3, -0.25) is 0 Å². The average molecular weight is 607 g/mol. The van der Waals surface area contributed by atoms with Gasteiger partial charge in [-0.1, -0.05) is 20.3 Å². The van der Waals surface area contributed by atoms with E-state index >= 15 is 0 Å². The van der Waals surface area contributed by atoms with E-state index in [1.54, 1.807) is 0 Å². The van der Waals surface area contributed by atoms with Crippen molar-refractivity contribution in [1.29, 1.82) is 0 Å². The van der Waals surface area contributed by atoms with Gasteiger partial charge in [-0.05, 0) is 42.3 Å². The summed E-state index contributed by atoms with van der Waals surface area (Å²) in [6.45, 7) is 4.25. The van der Waals surface area contributed by atoms with Crippen LogP contribution in [0.2, 0.25) is 0 Å². The summed E-state index contributed by atoms with van der Waals surface area (Å²) in [7, 11) is 12.0. The second kappa shape index (κ2) is 31.1. The Bertz CT molecular complexity index is 154. The van der Waals surface area contributed by atoms with Crippen LogP contribution in [0.1, 0.15) is 20.3 Å². The van der Waals surface area contributed by atoms with Crippen LogP contribution in [0.5, 0.6) is 0 Å². The van der Waals surface area contributed by atoms with E-state index in [0.717, 1.165) is 0 Å². The van der Waals surface area contributed by atoms with E-state index in [2.05, 4.69) is 19.9 Å². The molecule has 0 fully saturated rings. The van der Waals surface area contributed by atoms with Crippen molar-refractivity contribution in [2.24, 2.45) is 0 Å². The van der Waals surface area contributed by atoms with Crippen LogP contribution in [0.15, 0.2) is 30.3 Å². The van der Waals surface area contributed by atoms with Crippen molar-refractivity contribution in [3.05, 3.63) is 36.4 Å². The van der Waals surface area contributed by atoms with Crippen molar-refractivity contribution in [3.63, 3.8) is 0 Å². The fourth-order valence-electron chi connectivity index (χ4n) is 0.342.